The summed E-state index contributed by atoms with van der Waals surface area (Å²) in [4.78, 5) is 4.16. The first-order valence-corrected chi connectivity index (χ1v) is 4.63. The fourth-order valence-electron chi connectivity index (χ4n) is 1.14. The maximum absolute atomic E-state index is 5.37. The molecule has 2 N–H and O–H groups in total. The molecule has 0 radical (unpaired) electrons. The van der Waals surface area contributed by atoms with Gasteiger partial charge in [-0.1, -0.05) is 10.3 Å². The SMILES string of the molecule is Cc1nonc1-c1noc(CCCN)n1. The molecular formula is C8H11N5O2. The van der Waals surface area contributed by atoms with E-state index in [1.807, 2.05) is 0 Å². The van der Waals surface area contributed by atoms with Crippen molar-refractivity contribution < 1.29 is 9.15 Å². The molecular weight excluding hydrogens is 198 g/mol. The number of aromatic nitrogens is 4. The molecule has 0 aliphatic heterocycles. The van der Waals surface area contributed by atoms with Crippen LogP contribution in [0.5, 0.6) is 0 Å². The van der Waals surface area contributed by atoms with Gasteiger partial charge >= 0.3 is 0 Å². The predicted molar refractivity (Wildman–Crippen MR) is 49.7 cm³/mol. The summed E-state index contributed by atoms with van der Waals surface area (Å²) in [5.41, 5.74) is 6.53. The van der Waals surface area contributed by atoms with Crippen LogP contribution in [0.2, 0.25) is 0 Å². The van der Waals surface area contributed by atoms with Crippen LogP contribution in [0.1, 0.15) is 18.0 Å². The molecule has 0 aliphatic carbocycles. The zero-order valence-corrected chi connectivity index (χ0v) is 8.30. The summed E-state index contributed by atoms with van der Waals surface area (Å²) in [7, 11) is 0. The van der Waals surface area contributed by atoms with Crippen LogP contribution in [0.15, 0.2) is 9.15 Å². The third-order valence-electron chi connectivity index (χ3n) is 1.93. The second-order valence-corrected chi connectivity index (χ2v) is 3.10. The zero-order valence-electron chi connectivity index (χ0n) is 8.30. The average Bonchev–Trinajstić information content (AvgIpc) is 2.83. The van der Waals surface area contributed by atoms with E-state index < -0.39 is 0 Å². The first-order valence-electron chi connectivity index (χ1n) is 4.63. The zero-order chi connectivity index (χ0) is 10.7. The summed E-state index contributed by atoms with van der Waals surface area (Å²) in [5, 5.41) is 11.1. The average molecular weight is 209 g/mol. The van der Waals surface area contributed by atoms with E-state index in [4.69, 9.17) is 10.3 Å². The largest absolute Gasteiger partial charge is 0.339 e. The van der Waals surface area contributed by atoms with E-state index in [0.29, 0.717) is 36.1 Å². The van der Waals surface area contributed by atoms with Crippen molar-refractivity contribution in [3.8, 4) is 11.5 Å². The number of nitrogens with two attached hydrogens (primary N) is 1. The second-order valence-electron chi connectivity index (χ2n) is 3.10. The normalized spacial score (nSPS) is 10.8. The maximum atomic E-state index is 5.37. The molecule has 0 unspecified atom stereocenters. The summed E-state index contributed by atoms with van der Waals surface area (Å²) in [6.07, 6.45) is 1.49. The van der Waals surface area contributed by atoms with Gasteiger partial charge in [-0.15, -0.1) is 0 Å². The van der Waals surface area contributed by atoms with Gasteiger partial charge < -0.3 is 10.3 Å². The van der Waals surface area contributed by atoms with Crippen LogP contribution in [-0.4, -0.2) is 27.0 Å². The van der Waals surface area contributed by atoms with Gasteiger partial charge in [-0.05, 0) is 25.0 Å². The van der Waals surface area contributed by atoms with Crippen molar-refractivity contribution in [2.75, 3.05) is 6.54 Å². The Morgan fingerprint density at radius 1 is 1.27 bits per heavy atom. The molecule has 0 aromatic carbocycles. The third kappa shape index (κ3) is 2.01. The van der Waals surface area contributed by atoms with Gasteiger partial charge in [-0.25, -0.2) is 4.63 Å². The summed E-state index contributed by atoms with van der Waals surface area (Å²) in [5.74, 6) is 0.957. The van der Waals surface area contributed by atoms with Crippen molar-refractivity contribution in [3.63, 3.8) is 0 Å². The number of rotatable bonds is 4. The van der Waals surface area contributed by atoms with Gasteiger partial charge in [0.2, 0.25) is 11.7 Å². The molecule has 0 fully saturated rings. The Labute approximate surface area is 85.6 Å². The van der Waals surface area contributed by atoms with Crippen molar-refractivity contribution in [1.82, 2.24) is 20.5 Å². The van der Waals surface area contributed by atoms with Crippen molar-refractivity contribution in [3.05, 3.63) is 11.6 Å². The van der Waals surface area contributed by atoms with Gasteiger partial charge in [0.05, 0.1) is 0 Å². The first-order chi connectivity index (χ1) is 7.31. The van der Waals surface area contributed by atoms with E-state index in [2.05, 4.69) is 25.1 Å². The summed E-state index contributed by atoms with van der Waals surface area (Å²) >= 11 is 0. The minimum Gasteiger partial charge on any atom is -0.339 e. The van der Waals surface area contributed by atoms with Crippen molar-refractivity contribution in [2.24, 2.45) is 5.73 Å². The first kappa shape index (κ1) is 9.78. The molecule has 7 nitrogen and oxygen atoms in total. The topological polar surface area (TPSA) is 104 Å². The van der Waals surface area contributed by atoms with Crippen molar-refractivity contribution in [1.29, 1.82) is 0 Å². The Morgan fingerprint density at radius 2 is 2.13 bits per heavy atom. The molecule has 0 saturated carbocycles. The Morgan fingerprint density at radius 3 is 2.80 bits per heavy atom. The lowest BCUT2D eigenvalue weighted by molar-refractivity contribution is 0.305. The molecule has 0 saturated heterocycles. The highest BCUT2D eigenvalue weighted by Gasteiger charge is 2.15. The van der Waals surface area contributed by atoms with Gasteiger partial charge in [0.15, 0.2) is 5.69 Å². The Kier molecular flexibility index (Phi) is 2.72. The molecule has 15 heavy (non-hydrogen) atoms. The van der Waals surface area contributed by atoms with Crippen LogP contribution in [0.3, 0.4) is 0 Å². The summed E-state index contributed by atoms with van der Waals surface area (Å²) in [6, 6.07) is 0. The smallest absolute Gasteiger partial charge is 0.227 e. The van der Waals surface area contributed by atoms with Gasteiger partial charge in [-0.2, -0.15) is 4.98 Å². The highest BCUT2D eigenvalue weighted by atomic mass is 16.6. The molecule has 0 aliphatic rings. The molecule has 0 bridgehead atoms. The molecule has 0 amide bonds. The molecule has 0 atom stereocenters. The van der Waals surface area contributed by atoms with Crippen LogP contribution >= 0.6 is 0 Å². The lowest BCUT2D eigenvalue weighted by Crippen LogP contribution is -2.00. The molecule has 2 aromatic heterocycles. The molecule has 2 heterocycles. The Hall–Kier alpha value is -1.76. The number of hydrogen-bond acceptors (Lipinski definition) is 7. The predicted octanol–water partition coefficient (Wildman–Crippen LogP) is 0.319. The van der Waals surface area contributed by atoms with Crippen LogP contribution in [-0.2, 0) is 6.42 Å². The van der Waals surface area contributed by atoms with Gasteiger partial charge in [-0.3, -0.25) is 0 Å². The van der Waals surface area contributed by atoms with E-state index >= 15 is 0 Å². The summed E-state index contributed by atoms with van der Waals surface area (Å²) < 4.78 is 9.57. The monoisotopic (exact) mass is 209 g/mol. The van der Waals surface area contributed by atoms with Gasteiger partial charge in [0.25, 0.3) is 0 Å². The number of aryl methyl sites for hydroxylation is 2. The molecule has 0 spiro atoms. The van der Waals surface area contributed by atoms with Gasteiger partial charge in [0, 0.05) is 6.42 Å². The van der Waals surface area contributed by atoms with Crippen LogP contribution in [0.4, 0.5) is 0 Å². The minimum absolute atomic E-state index is 0.403. The third-order valence-corrected chi connectivity index (χ3v) is 1.93. The van der Waals surface area contributed by atoms with E-state index in [9.17, 15) is 0 Å². The maximum Gasteiger partial charge on any atom is 0.227 e. The lowest BCUT2D eigenvalue weighted by atomic mass is 10.3. The van der Waals surface area contributed by atoms with Crippen molar-refractivity contribution >= 4 is 0 Å². The summed E-state index contributed by atoms with van der Waals surface area (Å²) in [6.45, 7) is 2.37. The molecule has 2 rings (SSSR count). The fraction of sp³-hybridized carbons (Fsp3) is 0.500. The number of hydrogen-bond donors (Lipinski definition) is 1. The second kappa shape index (κ2) is 4.18. The van der Waals surface area contributed by atoms with E-state index in [-0.39, 0.29) is 0 Å². The molecule has 7 heteroatoms. The van der Waals surface area contributed by atoms with E-state index in [1.54, 1.807) is 6.92 Å². The Balaban J connectivity index is 2.17. The number of nitrogens with zero attached hydrogens (tertiary/aromatic N) is 4. The lowest BCUT2D eigenvalue weighted by Gasteiger charge is -1.88. The quantitative estimate of drug-likeness (QED) is 0.773. The highest BCUT2D eigenvalue weighted by Crippen LogP contribution is 2.16. The standard InChI is InChI=1S/C8H11N5O2/c1-5-7(12-15-11-5)8-10-6(14-13-8)3-2-4-9/h2-4,9H2,1H3. The van der Waals surface area contributed by atoms with E-state index in [1.165, 1.54) is 0 Å². The van der Waals surface area contributed by atoms with Crippen LogP contribution in [0, 0.1) is 6.92 Å². The fourth-order valence-corrected chi connectivity index (χ4v) is 1.14. The van der Waals surface area contributed by atoms with Crippen molar-refractivity contribution in [2.45, 2.75) is 19.8 Å². The Bertz CT molecular complexity index is 436. The highest BCUT2D eigenvalue weighted by molar-refractivity contribution is 5.49. The minimum atomic E-state index is 0.403. The van der Waals surface area contributed by atoms with E-state index in [0.717, 1.165) is 6.42 Å². The van der Waals surface area contributed by atoms with Gasteiger partial charge in [0.1, 0.15) is 5.69 Å². The van der Waals surface area contributed by atoms with Crippen LogP contribution < -0.4 is 5.73 Å². The molecule has 2 aromatic rings. The van der Waals surface area contributed by atoms with Crippen LogP contribution in [0.25, 0.3) is 11.5 Å². The molecule has 80 valence electrons.